The van der Waals surface area contributed by atoms with Gasteiger partial charge in [-0.1, -0.05) is 12.8 Å². The summed E-state index contributed by atoms with van der Waals surface area (Å²) in [6.45, 7) is 7.16. The van der Waals surface area contributed by atoms with Crippen molar-refractivity contribution < 1.29 is 9.53 Å². The molecule has 162 valence electrons. The minimum absolute atomic E-state index is 0.309. The van der Waals surface area contributed by atoms with Crippen LogP contribution >= 0.6 is 0 Å². The summed E-state index contributed by atoms with van der Waals surface area (Å²) in [5, 5.41) is 3.88. The van der Waals surface area contributed by atoms with E-state index in [-0.39, 0.29) is 0 Å². The fraction of sp³-hybridized carbons (Fsp3) is 0.909. The lowest BCUT2D eigenvalue weighted by Crippen LogP contribution is -2.70. The molecule has 3 heterocycles. The Labute approximate surface area is 174 Å². The number of hydrogen-bond donors (Lipinski definition) is 1. The number of guanidine groups is 1. The van der Waals surface area contributed by atoms with Crippen LogP contribution in [0.4, 0.5) is 0 Å². The average molecular weight is 404 g/mol. The van der Waals surface area contributed by atoms with Crippen LogP contribution in [-0.2, 0) is 9.53 Å². The van der Waals surface area contributed by atoms with Crippen LogP contribution in [0.15, 0.2) is 4.99 Å². The SMILES string of the molecule is CN=C(NC1C2CCOC2C12CCCC2)N1CCN(CC(=O)N2CCCC2)CC1. The Morgan fingerprint density at radius 2 is 1.76 bits per heavy atom. The van der Waals surface area contributed by atoms with Gasteiger partial charge in [-0.15, -0.1) is 0 Å². The maximum absolute atomic E-state index is 12.4. The molecule has 0 aromatic rings. The Kier molecular flexibility index (Phi) is 5.45. The molecule has 0 bridgehead atoms. The third kappa shape index (κ3) is 3.44. The average Bonchev–Trinajstić information content (AvgIpc) is 3.49. The van der Waals surface area contributed by atoms with Gasteiger partial charge in [-0.3, -0.25) is 14.7 Å². The van der Waals surface area contributed by atoms with E-state index < -0.39 is 0 Å². The van der Waals surface area contributed by atoms with Crippen LogP contribution in [0.2, 0.25) is 0 Å². The molecule has 7 heteroatoms. The molecular weight excluding hydrogens is 366 g/mol. The molecule has 3 aliphatic heterocycles. The third-order valence-corrected chi connectivity index (χ3v) is 8.27. The summed E-state index contributed by atoms with van der Waals surface area (Å²) < 4.78 is 6.14. The van der Waals surface area contributed by atoms with Crippen LogP contribution in [0.5, 0.6) is 0 Å². The normalized spacial score (nSPS) is 34.5. The van der Waals surface area contributed by atoms with Gasteiger partial charge in [0.1, 0.15) is 0 Å². The van der Waals surface area contributed by atoms with E-state index in [1.165, 1.54) is 32.1 Å². The highest BCUT2D eigenvalue weighted by molar-refractivity contribution is 5.81. The van der Waals surface area contributed by atoms with Crippen molar-refractivity contribution in [3.05, 3.63) is 0 Å². The minimum atomic E-state index is 0.309. The molecule has 1 N–H and O–H groups in total. The van der Waals surface area contributed by atoms with Crippen molar-refractivity contribution in [1.29, 1.82) is 0 Å². The maximum Gasteiger partial charge on any atom is 0.236 e. The molecule has 0 aromatic carbocycles. The van der Waals surface area contributed by atoms with Gasteiger partial charge in [-0.25, -0.2) is 0 Å². The molecule has 5 rings (SSSR count). The summed E-state index contributed by atoms with van der Waals surface area (Å²) >= 11 is 0. The van der Waals surface area contributed by atoms with Crippen molar-refractivity contribution in [2.24, 2.45) is 16.3 Å². The van der Waals surface area contributed by atoms with Crippen LogP contribution in [0.25, 0.3) is 0 Å². The Morgan fingerprint density at radius 3 is 2.45 bits per heavy atom. The van der Waals surface area contributed by atoms with Crippen molar-refractivity contribution in [3.63, 3.8) is 0 Å². The van der Waals surface area contributed by atoms with Crippen LogP contribution in [-0.4, -0.2) is 98.2 Å². The van der Waals surface area contributed by atoms with E-state index in [1.807, 2.05) is 11.9 Å². The monoisotopic (exact) mass is 403 g/mol. The lowest BCUT2D eigenvalue weighted by atomic mass is 9.54. The van der Waals surface area contributed by atoms with E-state index in [0.717, 1.165) is 64.7 Å². The molecule has 5 aliphatic rings. The number of nitrogens with zero attached hydrogens (tertiary/aromatic N) is 4. The number of likely N-dealkylation sites (tertiary alicyclic amines) is 1. The van der Waals surface area contributed by atoms with Gasteiger partial charge in [0.25, 0.3) is 0 Å². The van der Waals surface area contributed by atoms with E-state index in [1.54, 1.807) is 0 Å². The molecule has 7 nitrogen and oxygen atoms in total. The Hall–Kier alpha value is -1.34. The van der Waals surface area contributed by atoms with Crippen LogP contribution in [0.3, 0.4) is 0 Å². The van der Waals surface area contributed by atoms with E-state index >= 15 is 0 Å². The molecule has 0 aromatic heterocycles. The first-order valence-electron chi connectivity index (χ1n) is 11.8. The fourth-order valence-corrected chi connectivity index (χ4v) is 6.72. The number of rotatable bonds is 3. The second kappa shape index (κ2) is 8.06. The number of aliphatic imine (C=N–C) groups is 1. The van der Waals surface area contributed by atoms with Gasteiger partial charge in [-0.2, -0.15) is 0 Å². The molecule has 1 spiro atoms. The zero-order chi connectivity index (χ0) is 19.8. The number of fused-ring (bicyclic) bond motifs is 2. The van der Waals surface area contributed by atoms with E-state index in [9.17, 15) is 4.79 Å². The summed E-state index contributed by atoms with van der Waals surface area (Å²) in [5.41, 5.74) is 0.348. The van der Waals surface area contributed by atoms with Crippen LogP contribution in [0, 0.1) is 11.3 Å². The van der Waals surface area contributed by atoms with Crippen molar-refractivity contribution in [3.8, 4) is 0 Å². The van der Waals surface area contributed by atoms with Gasteiger partial charge in [-0.05, 0) is 32.1 Å². The van der Waals surface area contributed by atoms with Crippen molar-refractivity contribution >= 4 is 11.9 Å². The first-order valence-corrected chi connectivity index (χ1v) is 11.8. The molecular formula is C22H37N5O2. The van der Waals surface area contributed by atoms with E-state index in [4.69, 9.17) is 4.74 Å². The van der Waals surface area contributed by atoms with Gasteiger partial charge in [0.05, 0.1) is 12.6 Å². The standard InChI is InChI=1S/C22H37N5O2/c1-23-21(24-19-17-6-15-29-20(17)22(19)7-2-3-8-22)27-13-11-25(12-14-27)16-18(28)26-9-4-5-10-26/h17,19-20H,2-16H2,1H3,(H,23,24). The molecule has 1 amide bonds. The Morgan fingerprint density at radius 1 is 1.03 bits per heavy atom. The van der Waals surface area contributed by atoms with E-state index in [2.05, 4.69) is 20.1 Å². The molecule has 29 heavy (non-hydrogen) atoms. The predicted octanol–water partition coefficient (Wildman–Crippen LogP) is 1.15. The smallest absolute Gasteiger partial charge is 0.236 e. The second-order valence-corrected chi connectivity index (χ2v) is 9.70. The first kappa shape index (κ1) is 19.6. The molecule has 5 fully saturated rings. The highest BCUT2D eigenvalue weighted by Crippen LogP contribution is 2.60. The number of carbonyl (C=O) groups is 1. The van der Waals surface area contributed by atoms with Gasteiger partial charge >= 0.3 is 0 Å². The largest absolute Gasteiger partial charge is 0.377 e. The number of hydrogen-bond acceptors (Lipinski definition) is 4. The number of amides is 1. The van der Waals surface area contributed by atoms with Gasteiger partial charge < -0.3 is 19.9 Å². The number of carbonyl (C=O) groups excluding carboxylic acids is 1. The molecule has 3 unspecified atom stereocenters. The first-order chi connectivity index (χ1) is 14.2. The van der Waals surface area contributed by atoms with Crippen LogP contribution < -0.4 is 5.32 Å². The number of nitrogens with one attached hydrogen (secondary N) is 1. The summed E-state index contributed by atoms with van der Waals surface area (Å²) in [6.07, 6.45) is 9.28. The molecule has 0 radical (unpaired) electrons. The molecule has 3 atom stereocenters. The zero-order valence-electron chi connectivity index (χ0n) is 17.9. The molecule has 2 aliphatic carbocycles. The van der Waals surface area contributed by atoms with Gasteiger partial charge in [0.2, 0.25) is 5.91 Å². The quantitative estimate of drug-likeness (QED) is 0.566. The highest BCUT2D eigenvalue weighted by Gasteiger charge is 2.65. The Balaban J connectivity index is 1.15. The molecule has 3 saturated heterocycles. The lowest BCUT2D eigenvalue weighted by Gasteiger charge is -2.57. The highest BCUT2D eigenvalue weighted by atomic mass is 16.5. The summed E-state index contributed by atoms with van der Waals surface area (Å²) in [7, 11) is 1.91. The molecule has 2 saturated carbocycles. The number of ether oxygens (including phenoxy) is 1. The van der Waals surface area contributed by atoms with Crippen molar-refractivity contribution in [2.75, 3.05) is 59.5 Å². The summed E-state index contributed by atoms with van der Waals surface area (Å²) in [4.78, 5) is 23.8. The van der Waals surface area contributed by atoms with Crippen molar-refractivity contribution in [2.45, 2.75) is 57.1 Å². The van der Waals surface area contributed by atoms with Crippen molar-refractivity contribution in [1.82, 2.24) is 20.0 Å². The Bertz CT molecular complexity index is 633. The summed E-state index contributed by atoms with van der Waals surface area (Å²) in [5.74, 6) is 2.02. The van der Waals surface area contributed by atoms with E-state index in [0.29, 0.717) is 35.9 Å². The van der Waals surface area contributed by atoms with Gasteiger partial charge in [0.15, 0.2) is 5.96 Å². The maximum atomic E-state index is 12.4. The summed E-state index contributed by atoms with van der Waals surface area (Å²) in [6, 6.07) is 0.519. The van der Waals surface area contributed by atoms with Crippen LogP contribution in [0.1, 0.15) is 44.9 Å². The fourth-order valence-electron chi connectivity index (χ4n) is 6.72. The number of piperazine rings is 1. The zero-order valence-corrected chi connectivity index (χ0v) is 17.9. The topological polar surface area (TPSA) is 60.4 Å². The predicted molar refractivity (Wildman–Crippen MR) is 113 cm³/mol. The second-order valence-electron chi connectivity index (χ2n) is 9.70. The minimum Gasteiger partial charge on any atom is -0.377 e. The van der Waals surface area contributed by atoms with Gasteiger partial charge in [0, 0.05) is 70.3 Å². The lowest BCUT2D eigenvalue weighted by molar-refractivity contribution is -0.131. The third-order valence-electron chi connectivity index (χ3n) is 8.27.